The summed E-state index contributed by atoms with van der Waals surface area (Å²) in [6, 6.07) is 27.6. The molecule has 0 radical (unpaired) electrons. The van der Waals surface area contributed by atoms with Gasteiger partial charge in [-0.05, 0) is 48.9 Å². The highest BCUT2D eigenvalue weighted by atomic mass is 16.5. The fourth-order valence-corrected chi connectivity index (χ4v) is 7.80. The number of carbonyl (C=O) groups excluding carboxylic acids is 5. The minimum absolute atomic E-state index is 0.0461. The molecule has 1 unspecified atom stereocenters. The number of amides is 6. The first-order valence-electron chi connectivity index (χ1n) is 18.7. The van der Waals surface area contributed by atoms with Gasteiger partial charge in [0.1, 0.15) is 11.6 Å². The number of anilines is 1. The van der Waals surface area contributed by atoms with Crippen LogP contribution in [0, 0.1) is 5.92 Å². The highest BCUT2D eigenvalue weighted by Crippen LogP contribution is 2.40. The van der Waals surface area contributed by atoms with Crippen molar-refractivity contribution in [2.75, 3.05) is 51.4 Å². The molecule has 3 heterocycles. The maximum absolute atomic E-state index is 14.1. The van der Waals surface area contributed by atoms with Crippen molar-refractivity contribution in [2.24, 2.45) is 5.92 Å². The van der Waals surface area contributed by atoms with E-state index < -0.39 is 35.2 Å². The largest absolute Gasteiger partial charge is 0.467 e. The van der Waals surface area contributed by atoms with Gasteiger partial charge in [-0.3, -0.25) is 9.59 Å². The van der Waals surface area contributed by atoms with E-state index >= 15 is 0 Å². The number of piperidine rings is 2. The number of carbonyl (C=O) groups is 5. The number of methoxy groups -OCH3 is 1. The molecule has 3 aromatic rings. The van der Waals surface area contributed by atoms with Gasteiger partial charge in [0.05, 0.1) is 25.9 Å². The maximum atomic E-state index is 14.1. The third kappa shape index (κ3) is 8.14. The second kappa shape index (κ2) is 16.6. The molecule has 3 N–H and O–H groups in total. The summed E-state index contributed by atoms with van der Waals surface area (Å²) in [5.74, 6) is -0.895. The summed E-state index contributed by atoms with van der Waals surface area (Å²) in [6.07, 6.45) is 1.86. The molecular formula is C41H51N7O6. The molecule has 1 atom stereocenters. The van der Waals surface area contributed by atoms with Crippen molar-refractivity contribution in [3.05, 3.63) is 102 Å². The summed E-state index contributed by atoms with van der Waals surface area (Å²) < 4.78 is 4.98. The van der Waals surface area contributed by atoms with Gasteiger partial charge in [-0.25, -0.2) is 14.4 Å². The lowest BCUT2D eigenvalue weighted by molar-refractivity contribution is -0.142. The number of hydrogen-bond donors (Lipinski definition) is 3. The Bertz CT molecular complexity index is 1780. The van der Waals surface area contributed by atoms with E-state index in [-0.39, 0.29) is 24.3 Å². The van der Waals surface area contributed by atoms with Crippen molar-refractivity contribution in [1.82, 2.24) is 30.7 Å². The topological polar surface area (TPSA) is 144 Å². The second-order valence-electron chi connectivity index (χ2n) is 14.7. The average Bonchev–Trinajstić information content (AvgIpc) is 3.46. The molecule has 0 saturated carbocycles. The van der Waals surface area contributed by atoms with Gasteiger partial charge in [0.15, 0.2) is 0 Å². The molecule has 3 aliphatic heterocycles. The number of esters is 1. The predicted octanol–water partition coefficient (Wildman–Crippen LogP) is 4.05. The molecule has 3 aromatic carbocycles. The van der Waals surface area contributed by atoms with E-state index in [2.05, 4.69) is 20.9 Å². The van der Waals surface area contributed by atoms with Crippen LogP contribution in [-0.2, 0) is 31.2 Å². The monoisotopic (exact) mass is 737 g/mol. The quantitative estimate of drug-likeness (QED) is 0.267. The van der Waals surface area contributed by atoms with Crippen LogP contribution in [0.5, 0.6) is 0 Å². The highest BCUT2D eigenvalue weighted by Gasteiger charge is 2.54. The van der Waals surface area contributed by atoms with E-state index in [0.717, 1.165) is 16.8 Å². The van der Waals surface area contributed by atoms with Crippen LogP contribution in [0.3, 0.4) is 0 Å². The Morgan fingerprint density at radius 2 is 1.31 bits per heavy atom. The fraction of sp³-hybridized carbons (Fsp3) is 0.439. The Morgan fingerprint density at radius 1 is 0.759 bits per heavy atom. The smallest absolute Gasteiger partial charge is 0.330 e. The van der Waals surface area contributed by atoms with Gasteiger partial charge in [-0.1, -0.05) is 92.7 Å². The molecular weight excluding hydrogens is 686 g/mol. The van der Waals surface area contributed by atoms with Crippen molar-refractivity contribution in [1.29, 1.82) is 0 Å². The van der Waals surface area contributed by atoms with Crippen molar-refractivity contribution in [2.45, 2.75) is 63.2 Å². The Labute approximate surface area is 317 Å². The zero-order valence-electron chi connectivity index (χ0n) is 31.3. The number of urea groups is 2. The Hall–Kier alpha value is -5.59. The number of ether oxygens (including phenoxy) is 1. The number of hydrogen-bond acceptors (Lipinski definition) is 7. The SMILES string of the molecule is COC(=O)C(CNC(=O)N1CCC2(CC1)C(=O)N(Cc1ccccc1)CN2c1ccccc1)NC(=O)N1CCC(NC(=O)C(C)C)(c2ccccc2)CC1. The van der Waals surface area contributed by atoms with Crippen molar-refractivity contribution in [3.8, 4) is 0 Å². The normalized spacial score (nSPS) is 18.3. The van der Waals surface area contributed by atoms with Gasteiger partial charge in [-0.15, -0.1) is 0 Å². The first-order valence-corrected chi connectivity index (χ1v) is 18.7. The van der Waals surface area contributed by atoms with E-state index in [1.807, 2.05) is 110 Å². The van der Waals surface area contributed by atoms with Gasteiger partial charge in [-0.2, -0.15) is 0 Å². The Morgan fingerprint density at radius 3 is 1.91 bits per heavy atom. The van der Waals surface area contributed by atoms with Gasteiger partial charge in [0.2, 0.25) is 11.8 Å². The highest BCUT2D eigenvalue weighted by molar-refractivity contribution is 5.94. The molecule has 6 amide bonds. The zero-order valence-corrected chi connectivity index (χ0v) is 31.3. The molecule has 54 heavy (non-hydrogen) atoms. The standard InChI is InChI=1S/C41H51N7O6/c1-30(2)35(49)44-40(32-15-9-5-10-16-32)19-23-46(24-20-40)39(53)43-34(36(50)54-3)27-42-38(52)45-25-21-41(22-26-45)37(51)47(28-31-13-7-4-8-14-31)29-48(41)33-17-11-6-12-18-33/h4-18,30,34H,19-29H2,1-3H3,(H,42,52)(H,43,53)(H,44,49). The molecule has 3 fully saturated rings. The molecule has 0 aromatic heterocycles. The molecule has 286 valence electrons. The van der Waals surface area contributed by atoms with Gasteiger partial charge in [0.25, 0.3) is 0 Å². The van der Waals surface area contributed by atoms with Crippen LogP contribution in [0.2, 0.25) is 0 Å². The Kier molecular flexibility index (Phi) is 11.7. The maximum Gasteiger partial charge on any atom is 0.330 e. The second-order valence-corrected chi connectivity index (χ2v) is 14.7. The Balaban J connectivity index is 1.06. The first-order chi connectivity index (χ1) is 26.0. The lowest BCUT2D eigenvalue weighted by Gasteiger charge is -2.43. The first kappa shape index (κ1) is 38.1. The van der Waals surface area contributed by atoms with Crippen LogP contribution in [0.15, 0.2) is 91.0 Å². The van der Waals surface area contributed by atoms with Crippen LogP contribution < -0.4 is 20.9 Å². The summed E-state index contributed by atoms with van der Waals surface area (Å²) in [5, 5.41) is 8.80. The van der Waals surface area contributed by atoms with Gasteiger partial charge >= 0.3 is 18.0 Å². The van der Waals surface area contributed by atoms with Gasteiger partial charge in [0, 0.05) is 44.3 Å². The molecule has 3 saturated heterocycles. The number of nitrogens with one attached hydrogen (secondary N) is 3. The predicted molar refractivity (Wildman–Crippen MR) is 204 cm³/mol. The molecule has 13 nitrogen and oxygen atoms in total. The number of para-hydroxylation sites is 1. The van der Waals surface area contributed by atoms with Crippen LogP contribution in [0.4, 0.5) is 15.3 Å². The van der Waals surface area contributed by atoms with Crippen molar-refractivity contribution >= 4 is 35.5 Å². The van der Waals surface area contributed by atoms with E-state index in [9.17, 15) is 24.0 Å². The lowest BCUT2D eigenvalue weighted by Crippen LogP contribution is -2.60. The minimum atomic E-state index is -1.12. The zero-order chi connectivity index (χ0) is 38.3. The fourth-order valence-electron chi connectivity index (χ4n) is 7.80. The summed E-state index contributed by atoms with van der Waals surface area (Å²) in [4.78, 5) is 74.0. The third-order valence-electron chi connectivity index (χ3n) is 11.0. The molecule has 1 spiro atoms. The number of nitrogens with zero attached hydrogens (tertiary/aromatic N) is 4. The lowest BCUT2D eigenvalue weighted by atomic mass is 9.80. The average molecular weight is 738 g/mol. The number of likely N-dealkylation sites (tertiary alicyclic amines) is 2. The van der Waals surface area contributed by atoms with Gasteiger partial charge < -0.3 is 40.3 Å². The molecule has 13 heteroatoms. The van der Waals surface area contributed by atoms with Crippen molar-refractivity contribution < 1.29 is 28.7 Å². The van der Waals surface area contributed by atoms with Crippen molar-refractivity contribution in [3.63, 3.8) is 0 Å². The summed E-state index contributed by atoms with van der Waals surface area (Å²) in [6.45, 7) is 5.81. The number of benzene rings is 3. The van der Waals surface area contributed by atoms with E-state index in [0.29, 0.717) is 65.1 Å². The van der Waals surface area contributed by atoms with E-state index in [1.54, 1.807) is 9.80 Å². The third-order valence-corrected chi connectivity index (χ3v) is 11.0. The van der Waals surface area contributed by atoms with Crippen LogP contribution in [-0.4, -0.2) is 103 Å². The van der Waals surface area contributed by atoms with Crippen LogP contribution in [0.25, 0.3) is 0 Å². The van der Waals surface area contributed by atoms with Crippen LogP contribution >= 0.6 is 0 Å². The molecule has 0 aliphatic carbocycles. The molecule has 0 bridgehead atoms. The van der Waals surface area contributed by atoms with E-state index in [4.69, 9.17) is 4.74 Å². The number of rotatable bonds is 10. The molecule has 6 rings (SSSR count). The summed E-state index contributed by atoms with van der Waals surface area (Å²) in [5.41, 5.74) is 1.57. The minimum Gasteiger partial charge on any atom is -0.467 e. The van der Waals surface area contributed by atoms with E-state index in [1.165, 1.54) is 7.11 Å². The summed E-state index contributed by atoms with van der Waals surface area (Å²) >= 11 is 0. The molecule has 3 aliphatic rings. The summed E-state index contributed by atoms with van der Waals surface area (Å²) in [7, 11) is 1.23. The van der Waals surface area contributed by atoms with Crippen LogP contribution in [0.1, 0.15) is 50.7 Å².